The third-order valence-electron chi connectivity index (χ3n) is 5.71. The number of nitrogens with one attached hydrogen (secondary N) is 2. The number of amides is 1. The van der Waals surface area contributed by atoms with E-state index < -0.39 is 0 Å². The van der Waals surface area contributed by atoms with Crippen LogP contribution in [0.15, 0.2) is 87.9 Å². The smallest absolute Gasteiger partial charge is 0.257 e. The highest BCUT2D eigenvalue weighted by Crippen LogP contribution is 2.28. The molecular formula is C27H23N5O2S2. The molecule has 2 N–H and O–H groups in total. The van der Waals surface area contributed by atoms with Crippen molar-refractivity contribution >= 4 is 34.8 Å². The van der Waals surface area contributed by atoms with Crippen molar-refractivity contribution in [3.8, 4) is 16.5 Å². The molecule has 5 rings (SSSR count). The molecule has 5 aromatic rings. The predicted octanol–water partition coefficient (Wildman–Crippen LogP) is 5.56. The molecule has 7 nitrogen and oxygen atoms in total. The Morgan fingerprint density at radius 3 is 2.58 bits per heavy atom. The minimum absolute atomic E-state index is 0.237. The number of hydrogen-bond donors (Lipinski definition) is 2. The molecule has 0 unspecified atom stereocenters. The van der Waals surface area contributed by atoms with Crippen LogP contribution in [-0.2, 0) is 6.42 Å². The van der Waals surface area contributed by atoms with E-state index in [1.165, 1.54) is 16.4 Å². The highest BCUT2D eigenvalue weighted by molar-refractivity contribution is 7.98. The SMILES string of the molecule is CSc1ccccc1C(=O)Nc1cc(-c2cccs2)nn1-c1nc(C)c(Cc2ccccc2)c(=O)[nH]1. The topological polar surface area (TPSA) is 92.7 Å². The van der Waals surface area contributed by atoms with Crippen molar-refractivity contribution in [2.75, 3.05) is 11.6 Å². The van der Waals surface area contributed by atoms with Crippen molar-refractivity contribution in [3.05, 3.63) is 111 Å². The molecule has 0 saturated carbocycles. The number of thioether (sulfide) groups is 1. The van der Waals surface area contributed by atoms with Crippen molar-refractivity contribution in [1.29, 1.82) is 0 Å². The van der Waals surface area contributed by atoms with E-state index in [-0.39, 0.29) is 17.4 Å². The van der Waals surface area contributed by atoms with Gasteiger partial charge in [-0.1, -0.05) is 48.5 Å². The normalized spacial score (nSPS) is 10.9. The van der Waals surface area contributed by atoms with Gasteiger partial charge in [0, 0.05) is 22.9 Å². The maximum absolute atomic E-state index is 13.2. The Kier molecular flexibility index (Phi) is 6.84. The van der Waals surface area contributed by atoms with Crippen LogP contribution in [0.1, 0.15) is 27.2 Å². The molecule has 1 amide bonds. The quantitative estimate of drug-likeness (QED) is 0.278. The van der Waals surface area contributed by atoms with E-state index in [4.69, 9.17) is 0 Å². The van der Waals surface area contributed by atoms with Gasteiger partial charge in [0.05, 0.1) is 16.1 Å². The third-order valence-corrected chi connectivity index (χ3v) is 7.40. The summed E-state index contributed by atoms with van der Waals surface area (Å²) in [7, 11) is 0. The minimum Gasteiger partial charge on any atom is -0.306 e. The average molecular weight is 514 g/mol. The van der Waals surface area contributed by atoms with E-state index in [0.29, 0.717) is 34.8 Å². The van der Waals surface area contributed by atoms with Gasteiger partial charge in [0.1, 0.15) is 11.5 Å². The van der Waals surface area contributed by atoms with Crippen molar-refractivity contribution in [2.24, 2.45) is 0 Å². The standard InChI is InChI=1S/C27H23N5O2S2/c1-17-20(15-18-9-4-3-5-10-18)26(34)30-27(28-17)32-24(16-21(31-32)23-13-8-14-36-23)29-25(33)19-11-6-7-12-22(19)35-2/h3-14,16H,15H2,1-2H3,(H,29,33)(H,28,30,34). The molecule has 0 fully saturated rings. The lowest BCUT2D eigenvalue weighted by Gasteiger charge is -2.11. The molecule has 0 aliphatic rings. The summed E-state index contributed by atoms with van der Waals surface area (Å²) in [5.74, 6) is 0.391. The van der Waals surface area contributed by atoms with Crippen LogP contribution in [0.5, 0.6) is 0 Å². The fraction of sp³-hybridized carbons (Fsp3) is 0.111. The summed E-state index contributed by atoms with van der Waals surface area (Å²) in [6.07, 6.45) is 2.41. The van der Waals surface area contributed by atoms with Crippen LogP contribution < -0.4 is 10.9 Å². The van der Waals surface area contributed by atoms with Crippen LogP contribution in [0, 0.1) is 6.92 Å². The second-order valence-corrected chi connectivity index (χ2v) is 9.87. The molecule has 0 aliphatic heterocycles. The fourth-order valence-corrected chi connectivity index (χ4v) is 5.17. The second-order valence-electron chi connectivity index (χ2n) is 8.07. The molecule has 3 aromatic heterocycles. The molecular weight excluding hydrogens is 490 g/mol. The van der Waals surface area contributed by atoms with Gasteiger partial charge in [-0.05, 0) is 42.3 Å². The van der Waals surface area contributed by atoms with Gasteiger partial charge in [0.25, 0.3) is 11.5 Å². The monoisotopic (exact) mass is 513 g/mol. The molecule has 0 bridgehead atoms. The van der Waals surface area contributed by atoms with E-state index in [1.807, 2.05) is 79.2 Å². The first-order valence-electron chi connectivity index (χ1n) is 11.3. The number of rotatable bonds is 7. The Morgan fingerprint density at radius 2 is 1.86 bits per heavy atom. The fourth-order valence-electron chi connectivity index (χ4n) is 3.90. The van der Waals surface area contributed by atoms with Gasteiger partial charge in [0.15, 0.2) is 0 Å². The number of carbonyl (C=O) groups is 1. The number of thiophene rings is 1. The van der Waals surface area contributed by atoms with Crippen LogP contribution in [0.25, 0.3) is 16.5 Å². The number of nitrogens with zero attached hydrogens (tertiary/aromatic N) is 3. The molecule has 0 saturated heterocycles. The van der Waals surface area contributed by atoms with Gasteiger partial charge >= 0.3 is 0 Å². The maximum atomic E-state index is 13.2. The third kappa shape index (κ3) is 4.89. The van der Waals surface area contributed by atoms with Crippen LogP contribution in [0.4, 0.5) is 5.82 Å². The zero-order chi connectivity index (χ0) is 25.1. The van der Waals surface area contributed by atoms with Crippen molar-refractivity contribution < 1.29 is 4.79 Å². The first-order chi connectivity index (χ1) is 17.5. The number of hydrogen-bond acceptors (Lipinski definition) is 6. The zero-order valence-electron chi connectivity index (χ0n) is 19.7. The van der Waals surface area contributed by atoms with E-state index >= 15 is 0 Å². The van der Waals surface area contributed by atoms with Gasteiger partial charge in [-0.2, -0.15) is 9.78 Å². The van der Waals surface area contributed by atoms with Crippen molar-refractivity contribution in [2.45, 2.75) is 18.2 Å². The molecule has 9 heteroatoms. The van der Waals surface area contributed by atoms with E-state index in [1.54, 1.807) is 23.5 Å². The lowest BCUT2D eigenvalue weighted by atomic mass is 10.1. The van der Waals surface area contributed by atoms with Crippen LogP contribution >= 0.6 is 23.1 Å². The maximum Gasteiger partial charge on any atom is 0.257 e. The number of aryl methyl sites for hydroxylation is 1. The van der Waals surface area contributed by atoms with Gasteiger partial charge < -0.3 is 5.32 Å². The highest BCUT2D eigenvalue weighted by atomic mass is 32.2. The first-order valence-corrected chi connectivity index (χ1v) is 13.4. The summed E-state index contributed by atoms with van der Waals surface area (Å²) in [6.45, 7) is 1.81. The second kappa shape index (κ2) is 10.3. The number of aromatic amines is 1. The lowest BCUT2D eigenvalue weighted by Crippen LogP contribution is -2.22. The molecule has 0 aliphatic carbocycles. The van der Waals surface area contributed by atoms with Gasteiger partial charge in [0.2, 0.25) is 5.95 Å². The van der Waals surface area contributed by atoms with E-state index in [0.717, 1.165) is 15.3 Å². The lowest BCUT2D eigenvalue weighted by molar-refractivity contribution is 0.102. The number of anilines is 1. The Morgan fingerprint density at radius 1 is 1.08 bits per heavy atom. The molecule has 2 aromatic carbocycles. The van der Waals surface area contributed by atoms with Crippen molar-refractivity contribution in [1.82, 2.24) is 19.7 Å². The summed E-state index contributed by atoms with van der Waals surface area (Å²) in [5, 5.41) is 9.61. The summed E-state index contributed by atoms with van der Waals surface area (Å²) < 4.78 is 1.48. The van der Waals surface area contributed by atoms with E-state index in [2.05, 4.69) is 20.4 Å². The van der Waals surface area contributed by atoms with Gasteiger partial charge in [-0.15, -0.1) is 23.1 Å². The zero-order valence-corrected chi connectivity index (χ0v) is 21.3. The number of aromatic nitrogens is 4. The summed E-state index contributed by atoms with van der Waals surface area (Å²) in [5.41, 5.74) is 3.23. The van der Waals surface area contributed by atoms with Gasteiger partial charge in [-0.25, -0.2) is 4.98 Å². The Balaban J connectivity index is 1.55. The van der Waals surface area contributed by atoms with Crippen LogP contribution in [-0.4, -0.2) is 31.9 Å². The largest absolute Gasteiger partial charge is 0.306 e. The minimum atomic E-state index is -0.265. The van der Waals surface area contributed by atoms with Crippen molar-refractivity contribution in [3.63, 3.8) is 0 Å². The molecule has 3 heterocycles. The number of carbonyl (C=O) groups excluding carboxylic acids is 1. The number of H-pyrrole nitrogens is 1. The summed E-state index contributed by atoms with van der Waals surface area (Å²) >= 11 is 3.04. The Bertz CT molecular complexity index is 1570. The van der Waals surface area contributed by atoms with E-state index in [9.17, 15) is 9.59 Å². The van der Waals surface area contributed by atoms with Crippen LogP contribution in [0.2, 0.25) is 0 Å². The van der Waals surface area contributed by atoms with Crippen LogP contribution in [0.3, 0.4) is 0 Å². The molecule has 36 heavy (non-hydrogen) atoms. The number of benzene rings is 2. The molecule has 180 valence electrons. The molecule has 0 atom stereocenters. The Labute approximate surface area is 216 Å². The summed E-state index contributed by atoms with van der Waals surface area (Å²) in [6, 6.07) is 22.9. The average Bonchev–Trinajstić information content (AvgIpc) is 3.57. The van der Waals surface area contributed by atoms with Gasteiger partial charge in [-0.3, -0.25) is 14.6 Å². The highest BCUT2D eigenvalue weighted by Gasteiger charge is 2.19. The molecule has 0 spiro atoms. The first kappa shape index (κ1) is 23.8. The summed E-state index contributed by atoms with van der Waals surface area (Å²) in [4.78, 5) is 35.6. The predicted molar refractivity (Wildman–Crippen MR) is 145 cm³/mol. The molecule has 0 radical (unpaired) electrons. The Hall–Kier alpha value is -3.95.